The molecule has 0 unspecified atom stereocenters. The van der Waals surface area contributed by atoms with Crippen LogP contribution in [-0.4, -0.2) is 63.6 Å². The van der Waals surface area contributed by atoms with Crippen molar-refractivity contribution in [2.24, 2.45) is 0 Å². The molecule has 1 N–H and O–H groups in total. The zero-order chi connectivity index (χ0) is 19.5. The van der Waals surface area contributed by atoms with Crippen LogP contribution < -0.4 is 14.8 Å². The van der Waals surface area contributed by atoms with Gasteiger partial charge in [-0.25, -0.2) is 4.79 Å². The number of carbonyl (C=O) groups is 3. The van der Waals surface area contributed by atoms with E-state index in [9.17, 15) is 14.4 Å². The SMILES string of the molecule is CCOc1cc(/C=C/C(=O)OCC(=O)N(C)CC(=O)NC)ccc1OC. The van der Waals surface area contributed by atoms with E-state index in [-0.39, 0.29) is 12.5 Å². The molecular formula is C18H24N2O6. The van der Waals surface area contributed by atoms with Gasteiger partial charge < -0.3 is 24.4 Å². The number of ether oxygens (including phenoxy) is 3. The van der Waals surface area contributed by atoms with Gasteiger partial charge in [-0.2, -0.15) is 0 Å². The Morgan fingerprint density at radius 1 is 1.23 bits per heavy atom. The second kappa shape index (κ2) is 10.8. The van der Waals surface area contributed by atoms with E-state index >= 15 is 0 Å². The number of hydrogen-bond donors (Lipinski definition) is 1. The van der Waals surface area contributed by atoms with Crippen molar-refractivity contribution in [2.45, 2.75) is 6.92 Å². The van der Waals surface area contributed by atoms with Crippen LogP contribution in [0.25, 0.3) is 6.08 Å². The number of nitrogens with one attached hydrogen (secondary N) is 1. The van der Waals surface area contributed by atoms with Crippen LogP contribution in [0.3, 0.4) is 0 Å². The summed E-state index contributed by atoms with van der Waals surface area (Å²) in [6.07, 6.45) is 2.76. The molecule has 0 aliphatic rings. The minimum Gasteiger partial charge on any atom is -0.493 e. The summed E-state index contributed by atoms with van der Waals surface area (Å²) in [7, 11) is 4.47. The molecule has 1 rings (SSSR count). The van der Waals surface area contributed by atoms with Gasteiger partial charge in [0, 0.05) is 20.2 Å². The third kappa shape index (κ3) is 6.84. The molecule has 0 atom stereocenters. The Labute approximate surface area is 152 Å². The molecule has 0 aliphatic heterocycles. The minimum absolute atomic E-state index is 0.102. The predicted octanol–water partition coefficient (Wildman–Crippen LogP) is 0.855. The van der Waals surface area contributed by atoms with Crippen LogP contribution in [0.5, 0.6) is 11.5 Å². The van der Waals surface area contributed by atoms with Crippen LogP contribution in [0.2, 0.25) is 0 Å². The summed E-state index contributed by atoms with van der Waals surface area (Å²) < 4.78 is 15.5. The lowest BCUT2D eigenvalue weighted by Crippen LogP contribution is -2.38. The van der Waals surface area contributed by atoms with E-state index in [1.54, 1.807) is 31.4 Å². The largest absolute Gasteiger partial charge is 0.493 e. The smallest absolute Gasteiger partial charge is 0.331 e. The van der Waals surface area contributed by atoms with E-state index in [0.717, 1.165) is 0 Å². The molecule has 2 amide bonds. The highest BCUT2D eigenvalue weighted by Gasteiger charge is 2.13. The summed E-state index contributed by atoms with van der Waals surface area (Å²) in [5.41, 5.74) is 0.717. The van der Waals surface area contributed by atoms with Crippen LogP contribution in [-0.2, 0) is 19.1 Å². The van der Waals surface area contributed by atoms with E-state index in [4.69, 9.17) is 14.2 Å². The molecule has 0 saturated heterocycles. The van der Waals surface area contributed by atoms with E-state index in [0.29, 0.717) is 23.7 Å². The normalized spacial score (nSPS) is 10.3. The second-order valence-corrected chi connectivity index (χ2v) is 5.21. The van der Waals surface area contributed by atoms with Gasteiger partial charge in [-0.1, -0.05) is 6.07 Å². The molecule has 0 aromatic heterocycles. The van der Waals surface area contributed by atoms with Crippen molar-refractivity contribution in [1.82, 2.24) is 10.2 Å². The molecule has 1 aromatic carbocycles. The maximum Gasteiger partial charge on any atom is 0.331 e. The molecule has 0 heterocycles. The van der Waals surface area contributed by atoms with Crippen molar-refractivity contribution < 1.29 is 28.6 Å². The molecule has 0 spiro atoms. The summed E-state index contributed by atoms with van der Waals surface area (Å²) in [6, 6.07) is 5.22. The fraction of sp³-hybridized carbons (Fsp3) is 0.389. The van der Waals surface area contributed by atoms with Crippen LogP contribution in [0.15, 0.2) is 24.3 Å². The van der Waals surface area contributed by atoms with E-state index in [2.05, 4.69) is 5.32 Å². The molecule has 0 radical (unpaired) electrons. The average Bonchev–Trinajstić information content (AvgIpc) is 2.64. The maximum atomic E-state index is 11.8. The third-order valence-electron chi connectivity index (χ3n) is 3.32. The number of hydrogen-bond acceptors (Lipinski definition) is 6. The lowest BCUT2D eigenvalue weighted by molar-refractivity contribution is -0.148. The Morgan fingerprint density at radius 2 is 1.96 bits per heavy atom. The van der Waals surface area contributed by atoms with Crippen LogP contribution in [0.1, 0.15) is 12.5 Å². The van der Waals surface area contributed by atoms with Crippen molar-refractivity contribution >= 4 is 23.9 Å². The first-order valence-corrected chi connectivity index (χ1v) is 8.01. The van der Waals surface area contributed by atoms with Gasteiger partial charge in [0.1, 0.15) is 0 Å². The van der Waals surface area contributed by atoms with E-state index in [1.807, 2.05) is 6.92 Å². The van der Waals surface area contributed by atoms with Gasteiger partial charge in [-0.15, -0.1) is 0 Å². The molecular weight excluding hydrogens is 340 g/mol. The highest BCUT2D eigenvalue weighted by molar-refractivity contribution is 5.90. The van der Waals surface area contributed by atoms with Gasteiger partial charge in [-0.05, 0) is 30.7 Å². The fourth-order valence-corrected chi connectivity index (χ4v) is 1.90. The molecule has 0 fully saturated rings. The Hall–Kier alpha value is -3.03. The summed E-state index contributed by atoms with van der Waals surface area (Å²) >= 11 is 0. The zero-order valence-corrected chi connectivity index (χ0v) is 15.4. The summed E-state index contributed by atoms with van der Waals surface area (Å²) in [5, 5.41) is 2.40. The first kappa shape index (κ1) is 21.0. The first-order valence-electron chi connectivity index (χ1n) is 8.01. The number of nitrogens with zero attached hydrogens (tertiary/aromatic N) is 1. The molecule has 0 saturated carbocycles. The third-order valence-corrected chi connectivity index (χ3v) is 3.32. The molecule has 0 aliphatic carbocycles. The number of methoxy groups -OCH3 is 1. The lowest BCUT2D eigenvalue weighted by Gasteiger charge is -2.15. The lowest BCUT2D eigenvalue weighted by atomic mass is 10.2. The quantitative estimate of drug-likeness (QED) is 0.516. The standard InChI is InChI=1S/C18H24N2O6/c1-5-25-15-10-13(6-8-14(15)24-4)7-9-18(23)26-12-17(22)20(3)11-16(21)19-2/h6-10H,5,11-12H2,1-4H3,(H,19,21)/b9-7+. The molecule has 26 heavy (non-hydrogen) atoms. The van der Waals surface area contributed by atoms with Gasteiger partial charge >= 0.3 is 5.97 Å². The van der Waals surface area contributed by atoms with Gasteiger partial charge in [0.05, 0.1) is 20.3 Å². The maximum absolute atomic E-state index is 11.8. The van der Waals surface area contributed by atoms with Crippen molar-refractivity contribution in [3.8, 4) is 11.5 Å². The molecule has 8 heteroatoms. The topological polar surface area (TPSA) is 94.2 Å². The number of benzene rings is 1. The Kier molecular flexibility index (Phi) is 8.69. The van der Waals surface area contributed by atoms with Gasteiger partial charge in [-0.3, -0.25) is 9.59 Å². The van der Waals surface area contributed by atoms with E-state index in [1.165, 1.54) is 25.1 Å². The van der Waals surface area contributed by atoms with Gasteiger partial charge in [0.15, 0.2) is 18.1 Å². The Morgan fingerprint density at radius 3 is 2.58 bits per heavy atom. The van der Waals surface area contributed by atoms with Gasteiger partial charge in [0.25, 0.3) is 5.91 Å². The molecule has 142 valence electrons. The van der Waals surface area contributed by atoms with Crippen molar-refractivity contribution in [3.05, 3.63) is 29.8 Å². The van der Waals surface area contributed by atoms with Crippen molar-refractivity contribution in [3.63, 3.8) is 0 Å². The highest BCUT2D eigenvalue weighted by Crippen LogP contribution is 2.28. The van der Waals surface area contributed by atoms with Gasteiger partial charge in [0.2, 0.25) is 5.91 Å². The molecule has 0 bridgehead atoms. The monoisotopic (exact) mass is 364 g/mol. The Balaban J connectivity index is 2.58. The molecule has 8 nitrogen and oxygen atoms in total. The van der Waals surface area contributed by atoms with Crippen LogP contribution in [0.4, 0.5) is 0 Å². The number of rotatable bonds is 9. The van der Waals surface area contributed by atoms with Crippen LogP contribution in [0, 0.1) is 0 Å². The van der Waals surface area contributed by atoms with Crippen LogP contribution >= 0.6 is 0 Å². The van der Waals surface area contributed by atoms with E-state index < -0.39 is 18.5 Å². The summed E-state index contributed by atoms with van der Waals surface area (Å²) in [5.74, 6) is -0.288. The second-order valence-electron chi connectivity index (χ2n) is 5.21. The number of esters is 1. The summed E-state index contributed by atoms with van der Waals surface area (Å²) in [4.78, 5) is 35.9. The average molecular weight is 364 g/mol. The number of carbonyl (C=O) groups excluding carboxylic acids is 3. The Bertz CT molecular complexity index is 672. The van der Waals surface area contributed by atoms with Crippen molar-refractivity contribution in [1.29, 1.82) is 0 Å². The predicted molar refractivity (Wildman–Crippen MR) is 95.9 cm³/mol. The molecule has 1 aromatic rings. The number of likely N-dealkylation sites (N-methyl/N-ethyl adjacent to an activating group) is 2. The zero-order valence-electron chi connectivity index (χ0n) is 15.4. The first-order chi connectivity index (χ1) is 12.4. The fourth-order valence-electron chi connectivity index (χ4n) is 1.90. The van der Waals surface area contributed by atoms with Crippen molar-refractivity contribution in [2.75, 3.05) is 41.0 Å². The summed E-state index contributed by atoms with van der Waals surface area (Å²) in [6.45, 7) is 1.80. The number of amides is 2. The minimum atomic E-state index is -0.666. The highest BCUT2D eigenvalue weighted by atomic mass is 16.5.